The van der Waals surface area contributed by atoms with E-state index in [9.17, 15) is 13.6 Å². The molecule has 20 heavy (non-hydrogen) atoms. The van der Waals surface area contributed by atoms with Crippen LogP contribution < -0.4 is 0 Å². The van der Waals surface area contributed by atoms with Gasteiger partial charge in [-0.25, -0.2) is 13.6 Å². The minimum atomic E-state index is -2.64. The van der Waals surface area contributed by atoms with Crippen LogP contribution in [0.4, 0.5) is 13.6 Å². The molecule has 0 aromatic heterocycles. The number of rotatable bonds is 2. The summed E-state index contributed by atoms with van der Waals surface area (Å²) >= 11 is 0. The molecule has 0 spiro atoms. The lowest BCUT2D eigenvalue weighted by Crippen LogP contribution is -2.40. The van der Waals surface area contributed by atoms with Crippen molar-refractivity contribution in [2.24, 2.45) is 11.3 Å². The van der Waals surface area contributed by atoms with Gasteiger partial charge in [0, 0.05) is 19.0 Å². The Kier molecular flexibility index (Phi) is 2.96. The Morgan fingerprint density at radius 1 is 1.40 bits per heavy atom. The van der Waals surface area contributed by atoms with Crippen LogP contribution >= 0.6 is 0 Å². The second-order valence-corrected chi connectivity index (χ2v) is 5.84. The van der Waals surface area contributed by atoms with Gasteiger partial charge < -0.3 is 9.64 Å². The molecule has 2 aliphatic rings. The maximum absolute atomic E-state index is 13.6. The van der Waals surface area contributed by atoms with E-state index in [2.05, 4.69) is 0 Å². The predicted molar refractivity (Wildman–Crippen MR) is 69.4 cm³/mol. The molecular weight excluding hydrogens is 264 g/mol. The van der Waals surface area contributed by atoms with Gasteiger partial charge >= 0.3 is 6.09 Å². The highest BCUT2D eigenvalue weighted by molar-refractivity contribution is 5.68. The van der Waals surface area contributed by atoms with E-state index in [1.165, 1.54) is 4.90 Å². The molecule has 2 atom stereocenters. The molecule has 1 aliphatic heterocycles. The van der Waals surface area contributed by atoms with Gasteiger partial charge in [0.05, 0.1) is 5.41 Å². The first-order valence-corrected chi connectivity index (χ1v) is 6.78. The zero-order valence-corrected chi connectivity index (χ0v) is 11.3. The second-order valence-electron chi connectivity index (χ2n) is 5.84. The van der Waals surface area contributed by atoms with Crippen molar-refractivity contribution in [1.82, 2.24) is 4.90 Å². The van der Waals surface area contributed by atoms with Gasteiger partial charge in [0.25, 0.3) is 5.92 Å². The molecule has 1 aliphatic carbocycles. The Morgan fingerprint density at radius 2 is 2.10 bits per heavy atom. The van der Waals surface area contributed by atoms with E-state index < -0.39 is 23.3 Å². The van der Waals surface area contributed by atoms with E-state index in [0.29, 0.717) is 13.0 Å². The maximum atomic E-state index is 13.6. The third-order valence-corrected chi connectivity index (χ3v) is 4.56. The number of alkyl halides is 2. The summed E-state index contributed by atoms with van der Waals surface area (Å²) in [5.41, 5.74) is -0.171. The number of hydrogen-bond acceptors (Lipinski definition) is 2. The minimum absolute atomic E-state index is 0.0816. The van der Waals surface area contributed by atoms with Gasteiger partial charge in [-0.3, -0.25) is 0 Å². The molecule has 1 amide bonds. The van der Waals surface area contributed by atoms with Crippen molar-refractivity contribution in [2.75, 3.05) is 13.1 Å². The zero-order chi connectivity index (χ0) is 14.4. The Hall–Kier alpha value is -1.65. The average molecular weight is 281 g/mol. The van der Waals surface area contributed by atoms with E-state index in [-0.39, 0.29) is 13.2 Å². The fraction of sp³-hybridized carbons (Fsp3) is 0.533. The van der Waals surface area contributed by atoms with Crippen LogP contribution in [-0.4, -0.2) is 30.0 Å². The van der Waals surface area contributed by atoms with Crippen LogP contribution in [0.1, 0.15) is 18.9 Å². The Balaban J connectivity index is 1.57. The van der Waals surface area contributed by atoms with E-state index in [4.69, 9.17) is 4.74 Å². The molecule has 0 radical (unpaired) electrons. The SMILES string of the molecule is C[C@]12CN(C(=O)OCc3ccccc3)CC[C@@H]1C2(F)F. The lowest BCUT2D eigenvalue weighted by molar-refractivity contribution is 0.0494. The molecule has 5 heteroatoms. The fourth-order valence-corrected chi connectivity index (χ4v) is 3.12. The number of benzene rings is 1. The molecule has 0 bridgehead atoms. The highest BCUT2D eigenvalue weighted by Gasteiger charge is 2.78. The maximum Gasteiger partial charge on any atom is 0.410 e. The van der Waals surface area contributed by atoms with Crippen molar-refractivity contribution in [3.05, 3.63) is 35.9 Å². The van der Waals surface area contributed by atoms with Crippen LogP contribution in [0.15, 0.2) is 30.3 Å². The van der Waals surface area contributed by atoms with E-state index >= 15 is 0 Å². The van der Waals surface area contributed by atoms with E-state index in [0.717, 1.165) is 5.56 Å². The highest BCUT2D eigenvalue weighted by atomic mass is 19.3. The topological polar surface area (TPSA) is 29.5 Å². The van der Waals surface area contributed by atoms with Crippen LogP contribution in [0.2, 0.25) is 0 Å². The number of carbonyl (C=O) groups is 1. The number of carbonyl (C=O) groups excluding carboxylic acids is 1. The fourth-order valence-electron chi connectivity index (χ4n) is 3.12. The van der Waals surface area contributed by atoms with Gasteiger partial charge in [-0.2, -0.15) is 0 Å². The molecule has 1 saturated heterocycles. The highest BCUT2D eigenvalue weighted by Crippen LogP contribution is 2.68. The number of amides is 1. The molecule has 1 heterocycles. The van der Waals surface area contributed by atoms with Gasteiger partial charge in [-0.1, -0.05) is 37.3 Å². The smallest absolute Gasteiger partial charge is 0.410 e. The Morgan fingerprint density at radius 3 is 2.75 bits per heavy atom. The van der Waals surface area contributed by atoms with Crippen molar-refractivity contribution < 1.29 is 18.3 Å². The lowest BCUT2D eigenvalue weighted by atomic mass is 10.00. The summed E-state index contributed by atoms with van der Waals surface area (Å²) in [4.78, 5) is 13.4. The number of piperidine rings is 1. The van der Waals surface area contributed by atoms with Gasteiger partial charge in [-0.05, 0) is 12.0 Å². The second kappa shape index (κ2) is 4.43. The number of hydrogen-bond donors (Lipinski definition) is 0. The molecule has 3 rings (SSSR count). The summed E-state index contributed by atoms with van der Waals surface area (Å²) in [6, 6.07) is 9.32. The summed E-state index contributed by atoms with van der Waals surface area (Å²) in [6.45, 7) is 2.16. The quantitative estimate of drug-likeness (QED) is 0.832. The van der Waals surface area contributed by atoms with Crippen molar-refractivity contribution in [3.8, 4) is 0 Å². The van der Waals surface area contributed by atoms with Gasteiger partial charge in [0.2, 0.25) is 0 Å². The van der Waals surface area contributed by atoms with E-state index in [1.807, 2.05) is 30.3 Å². The molecular formula is C15H17F2NO2. The van der Waals surface area contributed by atoms with Gasteiger partial charge in [0.15, 0.2) is 0 Å². The normalized spacial score (nSPS) is 30.6. The largest absolute Gasteiger partial charge is 0.445 e. The zero-order valence-electron chi connectivity index (χ0n) is 11.3. The molecule has 0 unspecified atom stereocenters. The summed E-state index contributed by atoms with van der Waals surface area (Å²) in [5, 5.41) is 0. The first-order chi connectivity index (χ1) is 9.45. The summed E-state index contributed by atoms with van der Waals surface area (Å²) < 4.78 is 32.4. The molecule has 108 valence electrons. The number of nitrogens with zero attached hydrogens (tertiary/aromatic N) is 1. The third-order valence-electron chi connectivity index (χ3n) is 4.56. The lowest BCUT2D eigenvalue weighted by Gasteiger charge is -2.28. The standard InChI is InChI=1S/C15H17F2NO2/c1-14-10-18(8-7-12(14)15(14,16)17)13(19)20-9-11-5-3-2-4-6-11/h2-6,12H,7-10H2,1H3/t12-,14-/m0/s1. The molecule has 3 nitrogen and oxygen atoms in total. The van der Waals surface area contributed by atoms with Crippen LogP contribution in [0.3, 0.4) is 0 Å². The van der Waals surface area contributed by atoms with Crippen LogP contribution in [0, 0.1) is 11.3 Å². The summed E-state index contributed by atoms with van der Waals surface area (Å²) in [7, 11) is 0. The van der Waals surface area contributed by atoms with Gasteiger partial charge in [0.1, 0.15) is 6.61 Å². The van der Waals surface area contributed by atoms with Crippen molar-refractivity contribution >= 4 is 6.09 Å². The average Bonchev–Trinajstić information content (AvgIpc) is 2.90. The first-order valence-electron chi connectivity index (χ1n) is 6.78. The molecule has 1 aromatic carbocycles. The third kappa shape index (κ3) is 1.96. The predicted octanol–water partition coefficient (Wildman–Crippen LogP) is 3.30. The molecule has 1 aromatic rings. The minimum Gasteiger partial charge on any atom is -0.445 e. The summed E-state index contributed by atoms with van der Waals surface area (Å²) in [5.74, 6) is -3.21. The Labute approximate surface area is 116 Å². The number of ether oxygens (including phenoxy) is 1. The van der Waals surface area contributed by atoms with Crippen molar-refractivity contribution in [3.63, 3.8) is 0 Å². The Bertz CT molecular complexity index is 520. The van der Waals surface area contributed by atoms with Crippen molar-refractivity contribution in [2.45, 2.75) is 25.9 Å². The number of halogens is 2. The number of likely N-dealkylation sites (tertiary alicyclic amines) is 1. The first kappa shape index (κ1) is 13.3. The van der Waals surface area contributed by atoms with Crippen LogP contribution in [0.25, 0.3) is 0 Å². The molecule has 2 fully saturated rings. The summed E-state index contributed by atoms with van der Waals surface area (Å²) in [6.07, 6.45) is -0.152. The van der Waals surface area contributed by atoms with Crippen molar-refractivity contribution in [1.29, 1.82) is 0 Å². The molecule has 1 saturated carbocycles. The van der Waals surface area contributed by atoms with Crippen LogP contribution in [-0.2, 0) is 11.3 Å². The van der Waals surface area contributed by atoms with E-state index in [1.54, 1.807) is 6.92 Å². The monoisotopic (exact) mass is 281 g/mol. The van der Waals surface area contributed by atoms with Gasteiger partial charge in [-0.15, -0.1) is 0 Å². The van der Waals surface area contributed by atoms with Crippen LogP contribution in [0.5, 0.6) is 0 Å². The number of fused-ring (bicyclic) bond motifs is 1. The molecule has 0 N–H and O–H groups in total.